The van der Waals surface area contributed by atoms with Gasteiger partial charge in [-0.3, -0.25) is 14.4 Å². The summed E-state index contributed by atoms with van der Waals surface area (Å²) in [5.41, 5.74) is 0.173. The van der Waals surface area contributed by atoms with E-state index in [4.69, 9.17) is 9.47 Å². The van der Waals surface area contributed by atoms with E-state index in [-0.39, 0.29) is 18.2 Å². The van der Waals surface area contributed by atoms with E-state index in [1.54, 1.807) is 6.92 Å². The molecule has 1 saturated heterocycles. The van der Waals surface area contributed by atoms with E-state index >= 15 is 0 Å². The van der Waals surface area contributed by atoms with Gasteiger partial charge >= 0.3 is 5.97 Å². The van der Waals surface area contributed by atoms with E-state index in [2.05, 4.69) is 6.92 Å². The molecule has 0 saturated carbocycles. The minimum Gasteiger partial charge on any atom is -0.489 e. The molecule has 3 unspecified atom stereocenters. The zero-order valence-electron chi connectivity index (χ0n) is 17.1. The van der Waals surface area contributed by atoms with Crippen molar-refractivity contribution < 1.29 is 23.9 Å². The minimum absolute atomic E-state index is 0.0863. The average molecular weight is 386 g/mol. The Kier molecular flexibility index (Phi) is 6.21. The lowest BCUT2D eigenvalue weighted by molar-refractivity contribution is -0.157. The lowest BCUT2D eigenvalue weighted by Gasteiger charge is -2.37. The molecule has 3 atom stereocenters. The van der Waals surface area contributed by atoms with Crippen LogP contribution >= 0.6 is 0 Å². The Labute approximate surface area is 166 Å². The number of carbonyl (C=O) groups excluding carboxylic acids is 3. The third-order valence-corrected chi connectivity index (χ3v) is 6.13. The molecule has 3 aliphatic rings. The smallest absolute Gasteiger partial charge is 0.317 e. The fourth-order valence-electron chi connectivity index (χ4n) is 4.51. The van der Waals surface area contributed by atoms with Crippen LogP contribution in [0.25, 0.3) is 0 Å². The fourth-order valence-corrected chi connectivity index (χ4v) is 4.51. The summed E-state index contributed by atoms with van der Waals surface area (Å²) in [6.45, 7) is 5.88. The molecular formula is C23H30O5. The van der Waals surface area contributed by atoms with Gasteiger partial charge < -0.3 is 9.47 Å². The van der Waals surface area contributed by atoms with Crippen molar-refractivity contribution in [2.24, 2.45) is 11.8 Å². The highest BCUT2D eigenvalue weighted by Gasteiger charge is 2.61. The molecule has 0 aromatic carbocycles. The molecule has 0 aromatic heterocycles. The van der Waals surface area contributed by atoms with Crippen molar-refractivity contribution in [3.05, 3.63) is 35.1 Å². The Morgan fingerprint density at radius 2 is 2.00 bits per heavy atom. The molecule has 0 bridgehead atoms. The molecule has 0 aromatic rings. The van der Waals surface area contributed by atoms with Crippen LogP contribution in [0.3, 0.4) is 0 Å². The van der Waals surface area contributed by atoms with Crippen molar-refractivity contribution in [2.45, 2.75) is 71.3 Å². The molecule has 5 nitrogen and oxygen atoms in total. The number of ketones is 2. The number of unbranched alkanes of at least 4 members (excludes halogenated alkanes) is 4. The second kappa shape index (κ2) is 8.46. The van der Waals surface area contributed by atoms with E-state index < -0.39 is 23.4 Å². The van der Waals surface area contributed by atoms with Gasteiger partial charge in [0.15, 0.2) is 5.60 Å². The summed E-state index contributed by atoms with van der Waals surface area (Å²) in [5, 5.41) is 0. The normalized spacial score (nSPS) is 29.3. The number of fused-ring (bicyclic) bond motifs is 1. The molecular weight excluding hydrogens is 356 g/mol. The third kappa shape index (κ3) is 3.71. The predicted molar refractivity (Wildman–Crippen MR) is 105 cm³/mol. The number of Topliss-reactive ketones (excluding diaryl/α,β-unsaturated/α-hetero) is 2. The lowest BCUT2D eigenvalue weighted by Crippen LogP contribution is -2.48. The van der Waals surface area contributed by atoms with Crippen molar-refractivity contribution in [1.82, 2.24) is 0 Å². The largest absolute Gasteiger partial charge is 0.489 e. The van der Waals surface area contributed by atoms with Gasteiger partial charge in [0.05, 0.1) is 0 Å². The van der Waals surface area contributed by atoms with Crippen LogP contribution in [0.4, 0.5) is 0 Å². The molecule has 2 heterocycles. The molecule has 152 valence electrons. The van der Waals surface area contributed by atoms with Gasteiger partial charge in [-0.25, -0.2) is 0 Å². The second-order valence-corrected chi connectivity index (χ2v) is 8.12. The molecule has 0 N–H and O–H groups in total. The summed E-state index contributed by atoms with van der Waals surface area (Å²) < 4.78 is 11.2. The van der Waals surface area contributed by atoms with Gasteiger partial charge in [0.25, 0.3) is 0 Å². The highest BCUT2D eigenvalue weighted by atomic mass is 16.6. The van der Waals surface area contributed by atoms with Crippen molar-refractivity contribution >= 4 is 17.5 Å². The second-order valence-electron chi connectivity index (χ2n) is 8.12. The molecule has 28 heavy (non-hydrogen) atoms. The Morgan fingerprint density at radius 3 is 2.71 bits per heavy atom. The first-order valence-electron chi connectivity index (χ1n) is 10.4. The first kappa shape index (κ1) is 20.6. The van der Waals surface area contributed by atoms with E-state index in [1.165, 1.54) is 0 Å². The van der Waals surface area contributed by atoms with Crippen LogP contribution in [0, 0.1) is 11.8 Å². The molecule has 0 radical (unpaired) electrons. The summed E-state index contributed by atoms with van der Waals surface area (Å²) >= 11 is 0. The van der Waals surface area contributed by atoms with Gasteiger partial charge in [-0.05, 0) is 44.4 Å². The number of hydrogen-bond acceptors (Lipinski definition) is 5. The third-order valence-electron chi connectivity index (χ3n) is 6.13. The molecule has 3 rings (SSSR count). The highest BCUT2D eigenvalue weighted by Crippen LogP contribution is 2.48. The van der Waals surface area contributed by atoms with Crippen molar-refractivity contribution in [3.63, 3.8) is 0 Å². The average Bonchev–Trinajstić information content (AvgIpc) is 2.92. The topological polar surface area (TPSA) is 69.7 Å². The van der Waals surface area contributed by atoms with Crippen LogP contribution in [0.1, 0.15) is 65.7 Å². The maximum atomic E-state index is 13.1. The van der Waals surface area contributed by atoms with Crippen LogP contribution in [0.2, 0.25) is 0 Å². The summed E-state index contributed by atoms with van der Waals surface area (Å²) in [6.07, 6.45) is 11.6. The Hall–Kier alpha value is -2.17. The Morgan fingerprint density at radius 1 is 1.25 bits per heavy atom. The molecule has 1 aliphatic carbocycles. The minimum atomic E-state index is -1.26. The van der Waals surface area contributed by atoms with Crippen LogP contribution in [0.15, 0.2) is 35.1 Å². The Balaban J connectivity index is 1.78. The summed E-state index contributed by atoms with van der Waals surface area (Å²) in [6, 6.07) is 0. The Bertz CT molecular complexity index is 757. The number of rotatable bonds is 8. The zero-order valence-corrected chi connectivity index (χ0v) is 17.1. The van der Waals surface area contributed by atoms with Gasteiger partial charge in [0.1, 0.15) is 24.1 Å². The summed E-state index contributed by atoms with van der Waals surface area (Å²) in [7, 11) is 0. The maximum Gasteiger partial charge on any atom is 0.317 e. The quantitative estimate of drug-likeness (QED) is 0.355. The number of carbonyl (C=O) groups is 3. The number of ether oxygens (including phenoxy) is 2. The van der Waals surface area contributed by atoms with Gasteiger partial charge in [-0.2, -0.15) is 0 Å². The van der Waals surface area contributed by atoms with Crippen molar-refractivity contribution in [1.29, 1.82) is 0 Å². The van der Waals surface area contributed by atoms with E-state index in [9.17, 15) is 14.4 Å². The van der Waals surface area contributed by atoms with Crippen LogP contribution in [0.5, 0.6) is 0 Å². The van der Waals surface area contributed by atoms with Gasteiger partial charge in [-0.1, -0.05) is 38.7 Å². The lowest BCUT2D eigenvalue weighted by atomic mass is 9.67. The zero-order chi connectivity index (χ0) is 20.3. The predicted octanol–water partition coefficient (Wildman–Crippen LogP) is 4.22. The first-order chi connectivity index (χ1) is 13.4. The van der Waals surface area contributed by atoms with Crippen LogP contribution in [-0.2, 0) is 23.9 Å². The number of hydrogen-bond donors (Lipinski definition) is 0. The molecule has 2 aliphatic heterocycles. The summed E-state index contributed by atoms with van der Waals surface area (Å²) in [5.74, 6) is -1.43. The summed E-state index contributed by atoms with van der Waals surface area (Å²) in [4.78, 5) is 38.5. The van der Waals surface area contributed by atoms with Crippen LogP contribution in [-0.4, -0.2) is 29.7 Å². The molecule has 0 spiro atoms. The van der Waals surface area contributed by atoms with E-state index in [1.807, 2.05) is 25.2 Å². The van der Waals surface area contributed by atoms with Crippen molar-refractivity contribution in [3.8, 4) is 0 Å². The van der Waals surface area contributed by atoms with Gasteiger partial charge in [0.2, 0.25) is 5.78 Å². The van der Waals surface area contributed by atoms with E-state index in [0.717, 1.165) is 37.7 Å². The van der Waals surface area contributed by atoms with Crippen LogP contribution < -0.4 is 0 Å². The van der Waals surface area contributed by atoms with Gasteiger partial charge in [-0.15, -0.1) is 0 Å². The molecule has 5 heteroatoms. The number of allylic oxidation sites excluding steroid dienone is 4. The fraction of sp³-hybridized carbons (Fsp3) is 0.609. The standard InChI is InChI=1S/C23H30O5/c1-4-6-7-8-9-11-19(24)20-18-13-15-12-16(10-5-2)27-14-17(15)21(25)23(18,3)28-22(20)26/h5,10,12,18,20H,4,6-9,11,13-14H2,1-3H3/b10-5+. The van der Waals surface area contributed by atoms with Crippen molar-refractivity contribution in [2.75, 3.05) is 6.61 Å². The van der Waals surface area contributed by atoms with Gasteiger partial charge in [0, 0.05) is 17.9 Å². The highest BCUT2D eigenvalue weighted by molar-refractivity contribution is 6.10. The molecule has 0 amide bonds. The van der Waals surface area contributed by atoms with E-state index in [0.29, 0.717) is 24.2 Å². The first-order valence-corrected chi connectivity index (χ1v) is 10.4. The maximum absolute atomic E-state index is 13.1. The number of esters is 1. The SMILES string of the molecule is C/C=C/C1=CC2=C(CO1)C(=O)C1(C)OC(=O)C(C(=O)CCCCCCC)C1C2. The molecule has 1 fully saturated rings. The monoisotopic (exact) mass is 386 g/mol.